The van der Waals surface area contributed by atoms with E-state index in [-0.39, 0.29) is 17.9 Å². The van der Waals surface area contributed by atoms with E-state index >= 15 is 0 Å². The van der Waals surface area contributed by atoms with Crippen molar-refractivity contribution >= 4 is 27.6 Å². The molecule has 106 valence electrons. The first-order valence-electron chi connectivity index (χ1n) is 6.77. The van der Waals surface area contributed by atoms with E-state index in [1.165, 1.54) is 0 Å². The van der Waals surface area contributed by atoms with Crippen LogP contribution in [0.1, 0.15) is 33.6 Å². The van der Waals surface area contributed by atoms with Gasteiger partial charge in [0.25, 0.3) is 0 Å². The molecule has 0 heterocycles. The number of hydrogen-bond donors (Lipinski definition) is 1. The molecule has 0 saturated carbocycles. The molecule has 4 heteroatoms. The second kappa shape index (κ2) is 8.20. The van der Waals surface area contributed by atoms with Crippen LogP contribution in [0, 0.1) is 5.92 Å². The van der Waals surface area contributed by atoms with Gasteiger partial charge in [0.05, 0.1) is 6.61 Å². The number of ether oxygens (including phenoxy) is 1. The molecule has 0 bridgehead atoms. The first kappa shape index (κ1) is 16.0. The van der Waals surface area contributed by atoms with Gasteiger partial charge in [0, 0.05) is 10.2 Å². The summed E-state index contributed by atoms with van der Waals surface area (Å²) in [6, 6.07) is 7.52. The molecule has 19 heavy (non-hydrogen) atoms. The molecule has 0 saturated heterocycles. The van der Waals surface area contributed by atoms with Crippen molar-refractivity contribution in [3.63, 3.8) is 0 Å². The van der Waals surface area contributed by atoms with Crippen molar-refractivity contribution in [1.29, 1.82) is 0 Å². The summed E-state index contributed by atoms with van der Waals surface area (Å²) in [5, 5.41) is 3.28. The third-order valence-corrected chi connectivity index (χ3v) is 3.49. The molecule has 0 radical (unpaired) electrons. The Labute approximate surface area is 123 Å². The Morgan fingerprint density at radius 1 is 1.42 bits per heavy atom. The third kappa shape index (κ3) is 5.23. The number of carbonyl (C=O) groups excluding carboxylic acids is 1. The van der Waals surface area contributed by atoms with Crippen LogP contribution in [0.3, 0.4) is 0 Å². The lowest BCUT2D eigenvalue weighted by Gasteiger charge is -2.24. The maximum Gasteiger partial charge on any atom is 0.328 e. The Morgan fingerprint density at radius 2 is 2.16 bits per heavy atom. The molecule has 0 aliphatic rings. The van der Waals surface area contributed by atoms with E-state index in [9.17, 15) is 4.79 Å². The molecule has 1 rings (SSSR count). The van der Waals surface area contributed by atoms with Crippen molar-refractivity contribution in [3.8, 4) is 0 Å². The van der Waals surface area contributed by atoms with E-state index in [1.807, 2.05) is 31.2 Å². The summed E-state index contributed by atoms with van der Waals surface area (Å²) in [5.74, 6) is 0.0615. The number of halogens is 1. The highest BCUT2D eigenvalue weighted by atomic mass is 79.9. The molecule has 1 aromatic carbocycles. The van der Waals surface area contributed by atoms with Crippen molar-refractivity contribution in [2.24, 2.45) is 5.92 Å². The molecule has 1 aromatic rings. The van der Waals surface area contributed by atoms with Gasteiger partial charge in [0.1, 0.15) is 6.04 Å². The quantitative estimate of drug-likeness (QED) is 0.761. The number of nitrogens with one attached hydrogen (secondary N) is 1. The van der Waals surface area contributed by atoms with Crippen molar-refractivity contribution in [2.75, 3.05) is 11.9 Å². The van der Waals surface area contributed by atoms with E-state index in [1.54, 1.807) is 0 Å². The summed E-state index contributed by atoms with van der Waals surface area (Å²) in [4.78, 5) is 12.1. The van der Waals surface area contributed by atoms with Crippen LogP contribution in [-0.4, -0.2) is 18.6 Å². The molecule has 0 aliphatic carbocycles. The monoisotopic (exact) mass is 327 g/mol. The van der Waals surface area contributed by atoms with Crippen LogP contribution in [0.2, 0.25) is 0 Å². The van der Waals surface area contributed by atoms with Crippen LogP contribution < -0.4 is 5.32 Å². The average Bonchev–Trinajstić information content (AvgIpc) is 2.36. The van der Waals surface area contributed by atoms with Crippen LogP contribution in [0.4, 0.5) is 5.69 Å². The highest BCUT2D eigenvalue weighted by molar-refractivity contribution is 9.10. The highest BCUT2D eigenvalue weighted by Gasteiger charge is 2.25. The predicted molar refractivity (Wildman–Crippen MR) is 82.3 cm³/mol. The van der Waals surface area contributed by atoms with Crippen LogP contribution in [-0.2, 0) is 9.53 Å². The lowest BCUT2D eigenvalue weighted by Crippen LogP contribution is -2.37. The summed E-state index contributed by atoms with van der Waals surface area (Å²) in [5.41, 5.74) is 0.926. The van der Waals surface area contributed by atoms with Gasteiger partial charge in [-0.1, -0.05) is 42.3 Å². The van der Waals surface area contributed by atoms with Crippen LogP contribution in [0.15, 0.2) is 28.7 Å². The van der Waals surface area contributed by atoms with Gasteiger partial charge in [-0.15, -0.1) is 0 Å². The minimum Gasteiger partial charge on any atom is -0.464 e. The second-order valence-electron chi connectivity index (χ2n) is 4.65. The van der Waals surface area contributed by atoms with Crippen molar-refractivity contribution in [2.45, 2.75) is 39.7 Å². The first-order valence-corrected chi connectivity index (χ1v) is 7.56. The average molecular weight is 328 g/mol. The topological polar surface area (TPSA) is 38.3 Å². The van der Waals surface area contributed by atoms with E-state index in [0.29, 0.717) is 6.61 Å². The predicted octanol–water partition coefficient (Wildman–Crippen LogP) is 4.23. The van der Waals surface area contributed by atoms with E-state index < -0.39 is 0 Å². The fraction of sp³-hybridized carbons (Fsp3) is 0.533. The highest BCUT2D eigenvalue weighted by Crippen LogP contribution is 2.21. The fourth-order valence-electron chi connectivity index (χ4n) is 2.05. The number of anilines is 1. The zero-order chi connectivity index (χ0) is 14.3. The van der Waals surface area contributed by atoms with Gasteiger partial charge in [-0.2, -0.15) is 0 Å². The largest absolute Gasteiger partial charge is 0.464 e. The van der Waals surface area contributed by atoms with Gasteiger partial charge in [0.2, 0.25) is 0 Å². The number of hydrogen-bond acceptors (Lipinski definition) is 3. The maximum absolute atomic E-state index is 12.1. The summed E-state index contributed by atoms with van der Waals surface area (Å²) in [6.45, 7) is 6.45. The van der Waals surface area contributed by atoms with Crippen molar-refractivity contribution in [1.82, 2.24) is 0 Å². The minimum atomic E-state index is -0.297. The number of carbonyl (C=O) groups is 1. The lowest BCUT2D eigenvalue weighted by molar-refractivity contribution is -0.145. The molecular formula is C15H22BrNO2. The molecule has 3 nitrogen and oxygen atoms in total. The smallest absolute Gasteiger partial charge is 0.328 e. The van der Waals surface area contributed by atoms with Gasteiger partial charge < -0.3 is 10.1 Å². The summed E-state index contributed by atoms with van der Waals surface area (Å²) in [6.07, 6.45) is 2.04. The molecule has 0 spiro atoms. The SMILES string of the molecule is CCCC(C)C(Nc1cccc(Br)c1)C(=O)OCC. The normalized spacial score (nSPS) is 13.7. The lowest BCUT2D eigenvalue weighted by atomic mass is 9.96. The van der Waals surface area contributed by atoms with Gasteiger partial charge in [-0.25, -0.2) is 4.79 Å². The van der Waals surface area contributed by atoms with Crippen molar-refractivity contribution in [3.05, 3.63) is 28.7 Å². The molecule has 0 amide bonds. The Bertz CT molecular complexity index is 409. The van der Waals surface area contributed by atoms with Gasteiger partial charge in [0.15, 0.2) is 0 Å². The number of rotatable bonds is 7. The first-order chi connectivity index (χ1) is 9.08. The van der Waals surface area contributed by atoms with Crippen molar-refractivity contribution < 1.29 is 9.53 Å². The molecular weight excluding hydrogens is 306 g/mol. The number of benzene rings is 1. The molecule has 0 fully saturated rings. The summed E-state index contributed by atoms with van der Waals surface area (Å²) < 4.78 is 6.15. The molecule has 0 aromatic heterocycles. The number of esters is 1. The second-order valence-corrected chi connectivity index (χ2v) is 5.57. The Hall–Kier alpha value is -1.03. The minimum absolute atomic E-state index is 0.177. The van der Waals surface area contributed by atoms with Gasteiger partial charge in [-0.3, -0.25) is 0 Å². The summed E-state index contributed by atoms with van der Waals surface area (Å²) >= 11 is 3.43. The maximum atomic E-state index is 12.1. The van der Waals surface area contributed by atoms with Crippen LogP contribution in [0.5, 0.6) is 0 Å². The zero-order valence-corrected chi connectivity index (χ0v) is 13.4. The van der Waals surface area contributed by atoms with Gasteiger partial charge in [-0.05, 0) is 37.5 Å². The van der Waals surface area contributed by atoms with Crippen LogP contribution >= 0.6 is 15.9 Å². The molecule has 2 atom stereocenters. The Balaban J connectivity index is 2.81. The molecule has 0 aliphatic heterocycles. The summed E-state index contributed by atoms with van der Waals surface area (Å²) in [7, 11) is 0. The third-order valence-electron chi connectivity index (χ3n) is 3.00. The molecule has 1 N–H and O–H groups in total. The van der Waals surface area contributed by atoms with E-state index in [4.69, 9.17) is 4.74 Å². The van der Waals surface area contributed by atoms with Gasteiger partial charge >= 0.3 is 5.97 Å². The van der Waals surface area contributed by atoms with E-state index in [0.717, 1.165) is 23.0 Å². The Morgan fingerprint density at radius 3 is 2.74 bits per heavy atom. The van der Waals surface area contributed by atoms with E-state index in [2.05, 4.69) is 35.1 Å². The fourth-order valence-corrected chi connectivity index (χ4v) is 2.44. The Kier molecular flexibility index (Phi) is 6.92. The van der Waals surface area contributed by atoms with Crippen LogP contribution in [0.25, 0.3) is 0 Å². The standard InChI is InChI=1S/C15H22BrNO2/c1-4-7-11(3)14(15(18)19-5-2)17-13-9-6-8-12(16)10-13/h6,8-11,14,17H,4-5,7H2,1-3H3. The molecule has 2 unspecified atom stereocenters. The zero-order valence-electron chi connectivity index (χ0n) is 11.8.